The Morgan fingerprint density at radius 2 is 2.00 bits per heavy atom. The first kappa shape index (κ1) is 12.9. The van der Waals surface area contributed by atoms with Gasteiger partial charge < -0.3 is 9.47 Å². The van der Waals surface area contributed by atoms with Gasteiger partial charge in [-0.05, 0) is 19.1 Å². The van der Waals surface area contributed by atoms with E-state index in [0.717, 1.165) is 0 Å². The lowest BCUT2D eigenvalue weighted by Gasteiger charge is -2.04. The molecule has 1 rings (SSSR count). The Hall–Kier alpha value is -2.17. The van der Waals surface area contributed by atoms with Crippen LogP contribution in [0.2, 0.25) is 0 Å². The van der Waals surface area contributed by atoms with Gasteiger partial charge in [0.25, 0.3) is 0 Å². The van der Waals surface area contributed by atoms with Crippen molar-refractivity contribution in [2.24, 2.45) is 0 Å². The second-order valence-corrected chi connectivity index (χ2v) is 3.26. The maximum atomic E-state index is 11.5. The summed E-state index contributed by atoms with van der Waals surface area (Å²) in [7, 11) is 2.58. The summed E-state index contributed by atoms with van der Waals surface area (Å²) in [5, 5.41) is 0. The molecule has 1 aromatic rings. The van der Waals surface area contributed by atoms with Gasteiger partial charge in [-0.15, -0.1) is 0 Å². The van der Waals surface area contributed by atoms with Crippen LogP contribution in [0.15, 0.2) is 18.3 Å². The summed E-state index contributed by atoms with van der Waals surface area (Å²) >= 11 is 0. The molecule has 5 nitrogen and oxygen atoms in total. The minimum absolute atomic E-state index is 0.361. The van der Waals surface area contributed by atoms with Crippen molar-refractivity contribution in [3.63, 3.8) is 0 Å². The first-order valence-corrected chi connectivity index (χ1v) is 4.89. The molecule has 0 spiro atoms. The molecule has 0 aromatic carbocycles. The second kappa shape index (κ2) is 5.79. The highest BCUT2D eigenvalue weighted by Gasteiger charge is 2.11. The SMILES string of the molecule is COC(=O)/C=C/c1cnc(C)cc1C(=O)OC. The third kappa shape index (κ3) is 3.41. The van der Waals surface area contributed by atoms with Crippen molar-refractivity contribution >= 4 is 18.0 Å². The van der Waals surface area contributed by atoms with E-state index in [2.05, 4.69) is 14.5 Å². The Labute approximate surface area is 99.1 Å². The zero-order valence-corrected chi connectivity index (χ0v) is 9.89. The predicted octanol–water partition coefficient (Wildman–Crippen LogP) is 1.36. The zero-order valence-electron chi connectivity index (χ0n) is 9.89. The number of hydrogen-bond donors (Lipinski definition) is 0. The predicted molar refractivity (Wildman–Crippen MR) is 61.4 cm³/mol. The molecule has 0 saturated heterocycles. The standard InChI is InChI=1S/C12H13NO4/c1-8-6-10(12(15)17-3)9(7-13-8)4-5-11(14)16-2/h4-7H,1-3H3/b5-4+. The summed E-state index contributed by atoms with van der Waals surface area (Å²) in [6.45, 7) is 1.76. The quantitative estimate of drug-likeness (QED) is 0.584. The van der Waals surface area contributed by atoms with E-state index in [1.807, 2.05) is 0 Å². The number of aryl methyl sites for hydroxylation is 1. The molecular formula is C12H13NO4. The Morgan fingerprint density at radius 3 is 2.59 bits per heavy atom. The number of ether oxygens (including phenoxy) is 2. The molecule has 0 saturated carbocycles. The monoisotopic (exact) mass is 235 g/mol. The van der Waals surface area contributed by atoms with E-state index in [1.165, 1.54) is 32.6 Å². The van der Waals surface area contributed by atoms with Crippen LogP contribution in [0.25, 0.3) is 6.08 Å². The van der Waals surface area contributed by atoms with Gasteiger partial charge in [0.1, 0.15) is 0 Å². The molecule has 0 radical (unpaired) electrons. The van der Waals surface area contributed by atoms with E-state index < -0.39 is 11.9 Å². The van der Waals surface area contributed by atoms with Crippen molar-refractivity contribution in [3.8, 4) is 0 Å². The van der Waals surface area contributed by atoms with Crippen LogP contribution in [0.4, 0.5) is 0 Å². The number of nitrogens with zero attached hydrogens (tertiary/aromatic N) is 1. The van der Waals surface area contributed by atoms with Crippen molar-refractivity contribution in [2.45, 2.75) is 6.92 Å². The van der Waals surface area contributed by atoms with Crippen molar-refractivity contribution < 1.29 is 19.1 Å². The average molecular weight is 235 g/mol. The first-order chi connectivity index (χ1) is 8.08. The number of aromatic nitrogens is 1. The molecular weight excluding hydrogens is 222 g/mol. The van der Waals surface area contributed by atoms with Gasteiger partial charge >= 0.3 is 11.9 Å². The first-order valence-electron chi connectivity index (χ1n) is 4.89. The van der Waals surface area contributed by atoms with Gasteiger partial charge in [-0.1, -0.05) is 0 Å². The van der Waals surface area contributed by atoms with E-state index in [9.17, 15) is 9.59 Å². The van der Waals surface area contributed by atoms with Gasteiger partial charge in [-0.3, -0.25) is 4.98 Å². The minimum atomic E-state index is -0.499. The number of carbonyl (C=O) groups excluding carboxylic acids is 2. The Kier molecular flexibility index (Phi) is 4.39. The van der Waals surface area contributed by atoms with E-state index in [4.69, 9.17) is 0 Å². The van der Waals surface area contributed by atoms with E-state index in [-0.39, 0.29) is 0 Å². The lowest BCUT2D eigenvalue weighted by atomic mass is 10.1. The number of carbonyl (C=O) groups is 2. The summed E-state index contributed by atoms with van der Waals surface area (Å²) in [6, 6.07) is 1.60. The molecule has 1 heterocycles. The number of hydrogen-bond acceptors (Lipinski definition) is 5. The van der Waals surface area contributed by atoms with E-state index >= 15 is 0 Å². The average Bonchev–Trinajstić information content (AvgIpc) is 2.35. The van der Waals surface area contributed by atoms with Crippen LogP contribution in [0, 0.1) is 6.92 Å². The molecule has 0 unspecified atom stereocenters. The lowest BCUT2D eigenvalue weighted by molar-refractivity contribution is -0.134. The summed E-state index contributed by atoms with van der Waals surface area (Å²) in [5.41, 5.74) is 1.56. The lowest BCUT2D eigenvalue weighted by Crippen LogP contribution is -2.05. The van der Waals surface area contributed by atoms with Crippen LogP contribution < -0.4 is 0 Å². The normalized spacial score (nSPS) is 10.3. The molecule has 0 aliphatic heterocycles. The van der Waals surface area contributed by atoms with E-state index in [1.54, 1.807) is 13.0 Å². The van der Waals surface area contributed by atoms with Crippen molar-refractivity contribution in [1.82, 2.24) is 4.98 Å². The molecule has 0 N–H and O–H groups in total. The fraction of sp³-hybridized carbons (Fsp3) is 0.250. The molecule has 17 heavy (non-hydrogen) atoms. The van der Waals surface area contributed by atoms with Crippen LogP contribution in [-0.2, 0) is 14.3 Å². The van der Waals surface area contributed by atoms with Gasteiger partial charge in [0.15, 0.2) is 0 Å². The third-order valence-corrected chi connectivity index (χ3v) is 2.08. The van der Waals surface area contributed by atoms with Crippen LogP contribution in [0.1, 0.15) is 21.6 Å². The number of pyridine rings is 1. The molecule has 90 valence electrons. The molecule has 0 bridgehead atoms. The molecule has 0 fully saturated rings. The summed E-state index contributed by atoms with van der Waals surface area (Å²) in [5.74, 6) is -0.971. The minimum Gasteiger partial charge on any atom is -0.466 e. The fourth-order valence-electron chi connectivity index (χ4n) is 1.22. The highest BCUT2D eigenvalue weighted by atomic mass is 16.5. The van der Waals surface area contributed by atoms with Gasteiger partial charge in [-0.2, -0.15) is 0 Å². The van der Waals surface area contributed by atoms with Crippen molar-refractivity contribution in [1.29, 1.82) is 0 Å². The highest BCUT2D eigenvalue weighted by molar-refractivity contribution is 5.95. The Bertz CT molecular complexity index is 466. The van der Waals surface area contributed by atoms with E-state index in [0.29, 0.717) is 16.8 Å². The van der Waals surface area contributed by atoms with Crippen LogP contribution in [-0.4, -0.2) is 31.1 Å². The van der Waals surface area contributed by atoms with Crippen molar-refractivity contribution in [2.75, 3.05) is 14.2 Å². The molecule has 0 amide bonds. The Morgan fingerprint density at radius 1 is 1.29 bits per heavy atom. The number of esters is 2. The molecule has 0 aliphatic rings. The van der Waals surface area contributed by atoms with Gasteiger partial charge in [0.05, 0.1) is 19.8 Å². The maximum Gasteiger partial charge on any atom is 0.338 e. The largest absolute Gasteiger partial charge is 0.466 e. The summed E-state index contributed by atoms with van der Waals surface area (Å²) < 4.78 is 9.11. The van der Waals surface area contributed by atoms with Crippen molar-refractivity contribution in [3.05, 3.63) is 35.2 Å². The highest BCUT2D eigenvalue weighted by Crippen LogP contribution is 2.12. The molecule has 5 heteroatoms. The van der Waals surface area contributed by atoms with Gasteiger partial charge in [-0.25, -0.2) is 9.59 Å². The van der Waals surface area contributed by atoms with Crippen LogP contribution in [0.5, 0.6) is 0 Å². The zero-order chi connectivity index (χ0) is 12.8. The Balaban J connectivity index is 3.10. The summed E-state index contributed by atoms with van der Waals surface area (Å²) in [4.78, 5) is 26.5. The number of rotatable bonds is 3. The molecule has 0 aliphatic carbocycles. The topological polar surface area (TPSA) is 65.5 Å². The van der Waals surface area contributed by atoms with Gasteiger partial charge in [0, 0.05) is 23.5 Å². The van der Waals surface area contributed by atoms with Crippen LogP contribution >= 0.6 is 0 Å². The third-order valence-electron chi connectivity index (χ3n) is 2.08. The number of methoxy groups -OCH3 is 2. The van der Waals surface area contributed by atoms with Gasteiger partial charge in [0.2, 0.25) is 0 Å². The molecule has 1 aromatic heterocycles. The van der Waals surface area contributed by atoms with Crippen LogP contribution in [0.3, 0.4) is 0 Å². The fourth-order valence-corrected chi connectivity index (χ4v) is 1.22. The molecule has 0 atom stereocenters. The summed E-state index contributed by atoms with van der Waals surface area (Å²) in [6.07, 6.45) is 4.18. The maximum absolute atomic E-state index is 11.5. The smallest absolute Gasteiger partial charge is 0.338 e. The second-order valence-electron chi connectivity index (χ2n) is 3.26.